The first-order chi connectivity index (χ1) is 21.8. The molecule has 0 N–H and O–H groups in total. The third-order valence-electron chi connectivity index (χ3n) is 7.68. The third-order valence-corrected chi connectivity index (χ3v) is 9.28. The van der Waals surface area contributed by atoms with Crippen LogP contribution in [-0.2, 0) is 14.3 Å². The molecule has 2 aromatic carbocycles. The van der Waals surface area contributed by atoms with E-state index in [-0.39, 0.29) is 24.7 Å². The molecular formula is C33H36BrN3O7S. The van der Waals surface area contributed by atoms with E-state index in [0.29, 0.717) is 59.9 Å². The van der Waals surface area contributed by atoms with E-state index >= 15 is 0 Å². The molecule has 0 saturated carbocycles. The summed E-state index contributed by atoms with van der Waals surface area (Å²) >= 11 is 4.81. The molecule has 1 fully saturated rings. The number of rotatable bonds is 11. The first-order valence-corrected chi connectivity index (χ1v) is 16.5. The second kappa shape index (κ2) is 14.5. The summed E-state index contributed by atoms with van der Waals surface area (Å²) in [4.78, 5) is 47.1. The zero-order chi connectivity index (χ0) is 32.1. The van der Waals surface area contributed by atoms with Crippen molar-refractivity contribution in [3.05, 3.63) is 83.0 Å². The van der Waals surface area contributed by atoms with Gasteiger partial charge in [0.05, 0.1) is 47.1 Å². The third kappa shape index (κ3) is 6.86. The normalized spacial score (nSPS) is 16.3. The molecule has 0 aliphatic carbocycles. The lowest BCUT2D eigenvalue weighted by Gasteiger charge is -2.26. The molecule has 2 aliphatic heterocycles. The number of thiazole rings is 1. The zero-order valence-electron chi connectivity index (χ0n) is 25.8. The van der Waals surface area contributed by atoms with Crippen molar-refractivity contribution in [2.75, 3.05) is 40.5 Å². The van der Waals surface area contributed by atoms with Crippen LogP contribution in [0.2, 0.25) is 0 Å². The van der Waals surface area contributed by atoms with Crippen LogP contribution in [0.3, 0.4) is 0 Å². The number of fused-ring (bicyclic) bond motifs is 1. The van der Waals surface area contributed by atoms with Crippen molar-refractivity contribution < 1.29 is 28.5 Å². The molecule has 1 atom stereocenters. The topological polar surface area (TPSA) is 109 Å². The minimum atomic E-state index is -0.746. The van der Waals surface area contributed by atoms with Gasteiger partial charge in [-0.15, -0.1) is 0 Å². The molecule has 3 aromatic rings. The molecule has 2 aliphatic rings. The van der Waals surface area contributed by atoms with Crippen LogP contribution in [-0.4, -0.2) is 61.9 Å². The van der Waals surface area contributed by atoms with Gasteiger partial charge in [-0.2, -0.15) is 0 Å². The molecule has 1 saturated heterocycles. The average Bonchev–Trinajstić information content (AvgIpc) is 3.68. The van der Waals surface area contributed by atoms with Crippen LogP contribution in [0.5, 0.6) is 17.2 Å². The fourth-order valence-electron chi connectivity index (χ4n) is 5.53. The number of methoxy groups -OCH3 is 2. The lowest BCUT2D eigenvalue weighted by atomic mass is 9.94. The van der Waals surface area contributed by atoms with E-state index in [1.807, 2.05) is 19.1 Å². The standard InChI is InChI=1S/C33H36BrN3O7S/c1-5-9-23-29(32(40)43-6-2)30(21-11-13-24(41-3)22(34)18-21)37-31(39)27(45-33(37)35-23)17-20-10-12-25(26(16-20)42-4)44-19-28(38)36-14-7-8-15-36/h10-13,16-18,30H,5-9,14-15,19H2,1-4H3/b27-17+/t30-/m0/s1. The molecule has 0 bridgehead atoms. The molecule has 1 aromatic heterocycles. The van der Waals surface area contributed by atoms with E-state index in [0.717, 1.165) is 32.4 Å². The molecule has 10 nitrogen and oxygen atoms in total. The number of esters is 1. The second-order valence-corrected chi connectivity index (χ2v) is 12.5. The van der Waals surface area contributed by atoms with Crippen LogP contribution in [0, 0.1) is 0 Å². The summed E-state index contributed by atoms with van der Waals surface area (Å²) in [5, 5.41) is 0. The van der Waals surface area contributed by atoms with Crippen molar-refractivity contribution >= 4 is 45.2 Å². The predicted molar refractivity (Wildman–Crippen MR) is 175 cm³/mol. The number of nitrogens with zero attached hydrogens (tertiary/aromatic N) is 3. The molecule has 1 amide bonds. The summed E-state index contributed by atoms with van der Waals surface area (Å²) in [7, 11) is 3.11. The van der Waals surface area contributed by atoms with Gasteiger partial charge in [0.2, 0.25) is 0 Å². The van der Waals surface area contributed by atoms with Crippen molar-refractivity contribution in [1.82, 2.24) is 9.47 Å². The Bertz CT molecular complexity index is 1810. The minimum absolute atomic E-state index is 0.0530. The minimum Gasteiger partial charge on any atom is -0.496 e. The fraction of sp³-hybridized carbons (Fsp3) is 0.394. The largest absolute Gasteiger partial charge is 0.496 e. The maximum absolute atomic E-state index is 14.1. The van der Waals surface area contributed by atoms with E-state index in [4.69, 9.17) is 23.9 Å². The van der Waals surface area contributed by atoms with Gasteiger partial charge in [-0.05, 0) is 83.6 Å². The van der Waals surface area contributed by atoms with E-state index in [1.54, 1.807) is 53.8 Å². The molecule has 12 heteroatoms. The first kappa shape index (κ1) is 32.5. The summed E-state index contributed by atoms with van der Waals surface area (Å²) in [6.45, 7) is 5.41. The van der Waals surface area contributed by atoms with E-state index in [9.17, 15) is 14.4 Å². The number of halogens is 1. The molecule has 238 valence electrons. The van der Waals surface area contributed by atoms with Crippen molar-refractivity contribution in [3.8, 4) is 17.2 Å². The van der Waals surface area contributed by atoms with E-state index < -0.39 is 12.0 Å². The van der Waals surface area contributed by atoms with Gasteiger partial charge in [0.1, 0.15) is 5.75 Å². The van der Waals surface area contributed by atoms with Crippen LogP contribution in [0.1, 0.15) is 56.7 Å². The summed E-state index contributed by atoms with van der Waals surface area (Å²) in [5.41, 5.74) is 2.09. The summed E-state index contributed by atoms with van der Waals surface area (Å²) < 4.78 is 25.0. The lowest BCUT2D eigenvalue weighted by molar-refractivity contribution is -0.139. The number of ether oxygens (including phenoxy) is 4. The Morgan fingerprint density at radius 1 is 1.04 bits per heavy atom. The van der Waals surface area contributed by atoms with Gasteiger partial charge in [0.15, 0.2) is 22.9 Å². The van der Waals surface area contributed by atoms with Gasteiger partial charge in [-0.25, -0.2) is 9.79 Å². The summed E-state index contributed by atoms with van der Waals surface area (Å²) in [6.07, 6.45) is 5.09. The number of benzene rings is 2. The molecular weight excluding hydrogens is 662 g/mol. The number of likely N-dealkylation sites (tertiary alicyclic amines) is 1. The van der Waals surface area contributed by atoms with Crippen LogP contribution in [0.25, 0.3) is 6.08 Å². The summed E-state index contributed by atoms with van der Waals surface area (Å²) in [6, 6.07) is 10.1. The smallest absolute Gasteiger partial charge is 0.338 e. The Labute approximate surface area is 273 Å². The SMILES string of the molecule is CCCC1=C(C(=O)OCC)[C@H](c2ccc(OC)c(Br)c2)n2c(s/c(=C/c3ccc(OCC(=O)N4CCCC4)c(OC)c3)c2=O)=N1. The number of aromatic nitrogens is 1. The Morgan fingerprint density at radius 3 is 2.44 bits per heavy atom. The molecule has 0 radical (unpaired) electrons. The van der Waals surface area contributed by atoms with Crippen LogP contribution in [0.15, 0.2) is 61.9 Å². The first-order valence-electron chi connectivity index (χ1n) is 14.9. The van der Waals surface area contributed by atoms with Crippen LogP contribution >= 0.6 is 27.3 Å². The zero-order valence-corrected chi connectivity index (χ0v) is 28.2. The van der Waals surface area contributed by atoms with Gasteiger partial charge >= 0.3 is 5.97 Å². The number of carbonyl (C=O) groups excluding carboxylic acids is 2. The van der Waals surface area contributed by atoms with Gasteiger partial charge in [-0.1, -0.05) is 36.8 Å². The Hall–Kier alpha value is -3.90. The number of carbonyl (C=O) groups is 2. The molecule has 3 heterocycles. The van der Waals surface area contributed by atoms with E-state index in [1.165, 1.54) is 18.4 Å². The van der Waals surface area contributed by atoms with Crippen molar-refractivity contribution in [2.24, 2.45) is 4.99 Å². The number of amides is 1. The Balaban J connectivity index is 1.57. The Morgan fingerprint density at radius 2 is 1.78 bits per heavy atom. The van der Waals surface area contributed by atoms with Gasteiger partial charge < -0.3 is 23.8 Å². The Kier molecular flexibility index (Phi) is 10.4. The molecule has 5 rings (SSSR count). The maximum Gasteiger partial charge on any atom is 0.338 e. The molecule has 0 spiro atoms. The second-order valence-electron chi connectivity index (χ2n) is 10.6. The van der Waals surface area contributed by atoms with Crippen LogP contribution < -0.4 is 29.1 Å². The van der Waals surface area contributed by atoms with Gasteiger partial charge in [0, 0.05) is 13.1 Å². The van der Waals surface area contributed by atoms with Crippen molar-refractivity contribution in [2.45, 2.75) is 45.6 Å². The van der Waals surface area contributed by atoms with E-state index in [2.05, 4.69) is 15.9 Å². The van der Waals surface area contributed by atoms with Crippen LogP contribution in [0.4, 0.5) is 0 Å². The monoisotopic (exact) mass is 697 g/mol. The fourth-order valence-corrected chi connectivity index (χ4v) is 7.11. The maximum atomic E-state index is 14.1. The lowest BCUT2D eigenvalue weighted by Crippen LogP contribution is -2.40. The highest BCUT2D eigenvalue weighted by Crippen LogP contribution is 2.36. The highest BCUT2D eigenvalue weighted by Gasteiger charge is 2.34. The molecule has 0 unspecified atom stereocenters. The van der Waals surface area contributed by atoms with Gasteiger partial charge in [0.25, 0.3) is 11.5 Å². The van der Waals surface area contributed by atoms with Crippen molar-refractivity contribution in [3.63, 3.8) is 0 Å². The predicted octanol–water partition coefficient (Wildman–Crippen LogP) is 4.36. The number of allylic oxidation sites excluding steroid dienone is 1. The highest BCUT2D eigenvalue weighted by molar-refractivity contribution is 9.10. The highest BCUT2D eigenvalue weighted by atomic mass is 79.9. The number of hydrogen-bond acceptors (Lipinski definition) is 9. The van der Waals surface area contributed by atoms with Gasteiger partial charge in [-0.3, -0.25) is 14.2 Å². The molecule has 45 heavy (non-hydrogen) atoms. The number of hydrogen-bond donors (Lipinski definition) is 0. The quantitative estimate of drug-likeness (QED) is 0.274. The average molecular weight is 699 g/mol. The summed E-state index contributed by atoms with van der Waals surface area (Å²) in [5.74, 6) is 0.962. The van der Waals surface area contributed by atoms with Crippen molar-refractivity contribution in [1.29, 1.82) is 0 Å².